The highest BCUT2D eigenvalue weighted by molar-refractivity contribution is 5.67. The highest BCUT2D eigenvalue weighted by Gasteiger charge is 2.24. The van der Waals surface area contributed by atoms with Crippen LogP contribution in [0.5, 0.6) is 0 Å². The molecule has 128 valence electrons. The van der Waals surface area contributed by atoms with Crippen LogP contribution < -0.4 is 5.32 Å². The van der Waals surface area contributed by atoms with Gasteiger partial charge in [-0.25, -0.2) is 9.18 Å². The number of rotatable bonds is 5. The molecule has 2 rings (SSSR count). The molecule has 1 unspecified atom stereocenters. The second kappa shape index (κ2) is 7.30. The molecule has 0 saturated heterocycles. The van der Waals surface area contributed by atoms with Gasteiger partial charge in [0.1, 0.15) is 11.4 Å². The number of hydrogen-bond acceptors (Lipinski definition) is 3. The van der Waals surface area contributed by atoms with Crippen LogP contribution in [-0.4, -0.2) is 36.7 Å². The molecule has 0 radical (unpaired) electrons. The molecule has 0 heterocycles. The molecule has 5 heteroatoms. The Kier molecular flexibility index (Phi) is 5.63. The molecule has 0 bridgehead atoms. The second-order valence-corrected chi connectivity index (χ2v) is 7.11. The minimum Gasteiger partial charge on any atom is -0.444 e. The van der Waals surface area contributed by atoms with Crippen LogP contribution in [0.4, 0.5) is 9.18 Å². The fourth-order valence-electron chi connectivity index (χ4n) is 2.85. The summed E-state index contributed by atoms with van der Waals surface area (Å²) in [5.74, 6) is -0.101. The van der Waals surface area contributed by atoms with E-state index in [0.717, 1.165) is 36.9 Å². The Bertz CT molecular complexity index is 554. The average molecular weight is 322 g/mol. The van der Waals surface area contributed by atoms with Gasteiger partial charge in [0.2, 0.25) is 0 Å². The van der Waals surface area contributed by atoms with E-state index in [1.54, 1.807) is 18.0 Å². The Morgan fingerprint density at radius 1 is 1.43 bits per heavy atom. The van der Waals surface area contributed by atoms with Crippen LogP contribution in [-0.2, 0) is 11.2 Å². The predicted octanol–water partition coefficient (Wildman–Crippen LogP) is 3.66. The van der Waals surface area contributed by atoms with Crippen LogP contribution in [0.1, 0.15) is 50.8 Å². The number of ether oxygens (including phenoxy) is 1. The standard InChI is InChI=1S/C18H27FN2O2/c1-18(2,3)23-17(22)21(4)12-6-11-20-16-10-9-13-14(16)7-5-8-15(13)19/h5,7-8,16,20H,6,9-12H2,1-4H3. The number of nitrogens with one attached hydrogen (secondary N) is 1. The molecule has 1 atom stereocenters. The smallest absolute Gasteiger partial charge is 0.410 e. The maximum absolute atomic E-state index is 13.7. The van der Waals surface area contributed by atoms with Crippen LogP contribution >= 0.6 is 0 Å². The van der Waals surface area contributed by atoms with Gasteiger partial charge < -0.3 is 15.0 Å². The second-order valence-electron chi connectivity index (χ2n) is 7.11. The summed E-state index contributed by atoms with van der Waals surface area (Å²) in [6.45, 7) is 6.99. The SMILES string of the molecule is CN(CCCNC1CCc2c(F)cccc21)C(=O)OC(C)(C)C. The van der Waals surface area contributed by atoms with E-state index in [9.17, 15) is 9.18 Å². The number of carbonyl (C=O) groups is 1. The highest BCUT2D eigenvalue weighted by Crippen LogP contribution is 2.32. The van der Waals surface area contributed by atoms with Crippen molar-refractivity contribution in [3.63, 3.8) is 0 Å². The maximum atomic E-state index is 13.7. The van der Waals surface area contributed by atoms with Gasteiger partial charge in [-0.05, 0) is 63.8 Å². The number of halogens is 1. The first kappa shape index (κ1) is 17.7. The Morgan fingerprint density at radius 2 is 2.17 bits per heavy atom. The summed E-state index contributed by atoms with van der Waals surface area (Å²) in [4.78, 5) is 13.4. The third kappa shape index (κ3) is 4.93. The molecular formula is C18H27FN2O2. The van der Waals surface area contributed by atoms with Gasteiger partial charge in [0.25, 0.3) is 0 Å². The number of benzene rings is 1. The van der Waals surface area contributed by atoms with Crippen LogP contribution in [0.25, 0.3) is 0 Å². The topological polar surface area (TPSA) is 41.6 Å². The van der Waals surface area contributed by atoms with Crippen molar-refractivity contribution in [3.8, 4) is 0 Å². The summed E-state index contributed by atoms with van der Waals surface area (Å²) in [5.41, 5.74) is 1.45. The monoisotopic (exact) mass is 322 g/mol. The zero-order valence-corrected chi connectivity index (χ0v) is 14.5. The molecule has 1 aromatic carbocycles. The van der Waals surface area contributed by atoms with E-state index in [4.69, 9.17) is 4.74 Å². The summed E-state index contributed by atoms with van der Waals surface area (Å²) in [6.07, 6.45) is 2.25. The first-order chi connectivity index (χ1) is 10.8. The lowest BCUT2D eigenvalue weighted by molar-refractivity contribution is 0.0297. The number of amides is 1. The molecule has 1 aliphatic carbocycles. The van der Waals surface area contributed by atoms with Crippen molar-refractivity contribution in [1.29, 1.82) is 0 Å². The van der Waals surface area contributed by atoms with E-state index < -0.39 is 5.60 Å². The van der Waals surface area contributed by atoms with Crippen molar-refractivity contribution in [2.45, 2.75) is 51.7 Å². The van der Waals surface area contributed by atoms with Crippen molar-refractivity contribution >= 4 is 6.09 Å². The molecule has 4 nitrogen and oxygen atoms in total. The van der Waals surface area contributed by atoms with Crippen LogP contribution in [0.15, 0.2) is 18.2 Å². The van der Waals surface area contributed by atoms with Gasteiger partial charge >= 0.3 is 6.09 Å². The van der Waals surface area contributed by atoms with Crippen molar-refractivity contribution in [1.82, 2.24) is 10.2 Å². The Labute approximate surface area is 138 Å². The summed E-state index contributed by atoms with van der Waals surface area (Å²) in [6, 6.07) is 5.50. The van der Waals surface area contributed by atoms with E-state index in [0.29, 0.717) is 6.54 Å². The Balaban J connectivity index is 1.73. The van der Waals surface area contributed by atoms with Gasteiger partial charge in [-0.2, -0.15) is 0 Å². The number of hydrogen-bond donors (Lipinski definition) is 1. The Morgan fingerprint density at radius 3 is 2.87 bits per heavy atom. The molecule has 1 N–H and O–H groups in total. The first-order valence-electron chi connectivity index (χ1n) is 8.23. The Hall–Kier alpha value is -1.62. The van der Waals surface area contributed by atoms with Gasteiger partial charge in [-0.3, -0.25) is 0 Å². The van der Waals surface area contributed by atoms with E-state index in [1.165, 1.54) is 6.07 Å². The quantitative estimate of drug-likeness (QED) is 0.841. The fourth-order valence-corrected chi connectivity index (χ4v) is 2.85. The highest BCUT2D eigenvalue weighted by atomic mass is 19.1. The molecule has 0 spiro atoms. The fraction of sp³-hybridized carbons (Fsp3) is 0.611. The zero-order valence-electron chi connectivity index (χ0n) is 14.5. The molecule has 1 amide bonds. The number of fused-ring (bicyclic) bond motifs is 1. The zero-order chi connectivity index (χ0) is 17.0. The van der Waals surface area contributed by atoms with Crippen molar-refractivity contribution in [2.24, 2.45) is 0 Å². The normalized spacial score (nSPS) is 17.0. The molecule has 0 fully saturated rings. The number of carbonyl (C=O) groups excluding carboxylic acids is 1. The minimum atomic E-state index is -0.471. The lowest BCUT2D eigenvalue weighted by Gasteiger charge is -2.24. The minimum absolute atomic E-state index is 0.101. The van der Waals surface area contributed by atoms with Crippen molar-refractivity contribution < 1.29 is 13.9 Å². The van der Waals surface area contributed by atoms with Gasteiger partial charge in [-0.1, -0.05) is 12.1 Å². The molecule has 1 aliphatic rings. The van der Waals surface area contributed by atoms with E-state index in [2.05, 4.69) is 5.32 Å². The summed E-state index contributed by atoms with van der Waals surface area (Å²) < 4.78 is 19.0. The maximum Gasteiger partial charge on any atom is 0.410 e. The summed E-state index contributed by atoms with van der Waals surface area (Å²) >= 11 is 0. The molecule has 0 saturated carbocycles. The molecule has 0 aliphatic heterocycles. The molecular weight excluding hydrogens is 295 g/mol. The van der Waals surface area contributed by atoms with Crippen LogP contribution in [0.3, 0.4) is 0 Å². The first-order valence-corrected chi connectivity index (χ1v) is 8.23. The van der Waals surface area contributed by atoms with Crippen molar-refractivity contribution in [2.75, 3.05) is 20.1 Å². The molecule has 0 aromatic heterocycles. The summed E-state index contributed by atoms with van der Waals surface area (Å²) in [7, 11) is 1.74. The van der Waals surface area contributed by atoms with Gasteiger partial charge in [-0.15, -0.1) is 0 Å². The van der Waals surface area contributed by atoms with Gasteiger partial charge in [0, 0.05) is 19.6 Å². The third-order valence-electron chi connectivity index (χ3n) is 3.98. The predicted molar refractivity (Wildman–Crippen MR) is 88.9 cm³/mol. The lowest BCUT2D eigenvalue weighted by Crippen LogP contribution is -2.35. The lowest BCUT2D eigenvalue weighted by atomic mass is 10.1. The summed E-state index contributed by atoms with van der Waals surface area (Å²) in [5, 5.41) is 3.46. The van der Waals surface area contributed by atoms with Gasteiger partial charge in [0.05, 0.1) is 0 Å². The van der Waals surface area contributed by atoms with E-state index >= 15 is 0 Å². The van der Waals surface area contributed by atoms with Crippen LogP contribution in [0, 0.1) is 5.82 Å². The molecule has 1 aromatic rings. The average Bonchev–Trinajstić information content (AvgIpc) is 2.86. The van der Waals surface area contributed by atoms with Crippen LogP contribution in [0.2, 0.25) is 0 Å². The van der Waals surface area contributed by atoms with Crippen molar-refractivity contribution in [3.05, 3.63) is 35.1 Å². The largest absolute Gasteiger partial charge is 0.444 e. The van der Waals surface area contributed by atoms with E-state index in [-0.39, 0.29) is 18.0 Å². The van der Waals surface area contributed by atoms with Gasteiger partial charge in [0.15, 0.2) is 0 Å². The number of nitrogens with zero attached hydrogens (tertiary/aromatic N) is 1. The molecule has 23 heavy (non-hydrogen) atoms. The van der Waals surface area contributed by atoms with E-state index in [1.807, 2.05) is 26.8 Å². The third-order valence-corrected chi connectivity index (χ3v) is 3.98.